The summed E-state index contributed by atoms with van der Waals surface area (Å²) in [5.41, 5.74) is 1.42. The smallest absolute Gasteiger partial charge is 0.232 e. The summed E-state index contributed by atoms with van der Waals surface area (Å²) in [5, 5.41) is 9.11. The molecule has 5 heteroatoms. The van der Waals surface area contributed by atoms with Gasteiger partial charge in [0.25, 0.3) is 0 Å². The van der Waals surface area contributed by atoms with E-state index in [4.69, 9.17) is 5.26 Å². The molecule has 1 aromatic carbocycles. The molecule has 0 atom stereocenters. The molecule has 0 N–H and O–H groups in total. The summed E-state index contributed by atoms with van der Waals surface area (Å²) in [6.07, 6.45) is 7.21. The third-order valence-corrected chi connectivity index (χ3v) is 5.12. The van der Waals surface area contributed by atoms with Crippen molar-refractivity contribution in [2.75, 3.05) is 11.9 Å². The fourth-order valence-electron chi connectivity index (χ4n) is 3.66. The van der Waals surface area contributed by atoms with E-state index in [-0.39, 0.29) is 17.1 Å². The van der Waals surface area contributed by atoms with Gasteiger partial charge in [-0.15, -0.1) is 0 Å². The van der Waals surface area contributed by atoms with Crippen molar-refractivity contribution in [2.45, 2.75) is 43.9 Å². The predicted molar refractivity (Wildman–Crippen MR) is 96.0 cm³/mol. The van der Waals surface area contributed by atoms with Gasteiger partial charge in [0.2, 0.25) is 11.7 Å². The molecule has 0 unspecified atom stereocenters. The van der Waals surface area contributed by atoms with Crippen LogP contribution in [0.2, 0.25) is 0 Å². The average molecular weight is 334 g/mol. The van der Waals surface area contributed by atoms with Crippen molar-refractivity contribution in [3.05, 3.63) is 54.1 Å². The van der Waals surface area contributed by atoms with E-state index < -0.39 is 0 Å². The van der Waals surface area contributed by atoms with Crippen LogP contribution in [0.5, 0.6) is 0 Å². The number of hydrogen-bond acceptors (Lipinski definition) is 4. The van der Waals surface area contributed by atoms with Crippen LogP contribution in [0.1, 0.15) is 50.0 Å². The van der Waals surface area contributed by atoms with Gasteiger partial charge in [0.15, 0.2) is 0 Å². The molecule has 1 amide bonds. The Bertz CT molecular complexity index is 776. The molecule has 1 aromatic heterocycles. The van der Waals surface area contributed by atoms with Gasteiger partial charge in [-0.05, 0) is 31.0 Å². The molecule has 1 saturated carbocycles. The van der Waals surface area contributed by atoms with Crippen LogP contribution in [0, 0.1) is 11.3 Å². The molecule has 0 spiro atoms. The first-order valence-electron chi connectivity index (χ1n) is 8.70. The first-order chi connectivity index (χ1) is 12.1. The Morgan fingerprint density at radius 1 is 1.20 bits per heavy atom. The van der Waals surface area contributed by atoms with Gasteiger partial charge >= 0.3 is 0 Å². The van der Waals surface area contributed by atoms with Crippen LogP contribution < -0.4 is 4.90 Å². The monoisotopic (exact) mass is 334 g/mol. The van der Waals surface area contributed by atoms with Crippen LogP contribution in [0.25, 0.3) is 0 Å². The van der Waals surface area contributed by atoms with Crippen LogP contribution in [-0.2, 0) is 10.2 Å². The molecule has 1 aliphatic rings. The molecule has 2 aromatic rings. The van der Waals surface area contributed by atoms with Crippen LogP contribution in [0.4, 0.5) is 5.69 Å². The van der Waals surface area contributed by atoms with E-state index in [1.165, 1.54) is 6.42 Å². The fourth-order valence-corrected chi connectivity index (χ4v) is 3.66. The molecule has 0 saturated heterocycles. The number of nitriles is 1. The molecule has 1 aliphatic carbocycles. The lowest BCUT2D eigenvalue weighted by Gasteiger charge is -2.37. The van der Waals surface area contributed by atoms with Crippen molar-refractivity contribution in [3.63, 3.8) is 0 Å². The lowest BCUT2D eigenvalue weighted by molar-refractivity contribution is -0.120. The van der Waals surface area contributed by atoms with E-state index in [0.29, 0.717) is 6.42 Å². The molecule has 0 bridgehead atoms. The van der Waals surface area contributed by atoms with E-state index in [0.717, 1.165) is 37.1 Å². The summed E-state index contributed by atoms with van der Waals surface area (Å²) in [4.78, 5) is 23.1. The summed E-state index contributed by atoms with van der Waals surface area (Å²) in [7, 11) is 1.81. The van der Waals surface area contributed by atoms with Gasteiger partial charge in [0.05, 0.1) is 5.69 Å². The second-order valence-electron chi connectivity index (χ2n) is 6.68. The van der Waals surface area contributed by atoms with Crippen LogP contribution in [0.15, 0.2) is 42.6 Å². The molecule has 5 nitrogen and oxygen atoms in total. The Kier molecular flexibility index (Phi) is 5.08. The highest BCUT2D eigenvalue weighted by Crippen LogP contribution is 2.41. The lowest BCUT2D eigenvalue weighted by Crippen LogP contribution is -2.38. The van der Waals surface area contributed by atoms with Gasteiger partial charge in [0.1, 0.15) is 6.07 Å². The van der Waals surface area contributed by atoms with Gasteiger partial charge in [-0.2, -0.15) is 5.26 Å². The van der Waals surface area contributed by atoms with Crippen molar-refractivity contribution >= 4 is 11.6 Å². The molecule has 0 aliphatic heterocycles. The summed E-state index contributed by atoms with van der Waals surface area (Å²) < 4.78 is 0. The first-order valence-corrected chi connectivity index (χ1v) is 8.70. The number of carbonyl (C=O) groups is 1. The Balaban J connectivity index is 1.88. The Hall–Kier alpha value is -2.74. The van der Waals surface area contributed by atoms with Crippen LogP contribution in [-0.4, -0.2) is 22.9 Å². The lowest BCUT2D eigenvalue weighted by atomic mass is 9.69. The van der Waals surface area contributed by atoms with E-state index in [1.54, 1.807) is 11.1 Å². The molecule has 25 heavy (non-hydrogen) atoms. The van der Waals surface area contributed by atoms with Gasteiger partial charge in [0, 0.05) is 30.8 Å². The maximum Gasteiger partial charge on any atom is 0.232 e. The third-order valence-electron chi connectivity index (χ3n) is 5.12. The summed E-state index contributed by atoms with van der Waals surface area (Å²) in [5.74, 6) is 0.247. The Morgan fingerprint density at radius 2 is 1.92 bits per heavy atom. The topological polar surface area (TPSA) is 69.9 Å². The Labute approximate surface area is 148 Å². The predicted octanol–water partition coefficient (Wildman–Crippen LogP) is 3.60. The molecule has 128 valence electrons. The van der Waals surface area contributed by atoms with Crippen molar-refractivity contribution in [1.29, 1.82) is 5.26 Å². The number of para-hydroxylation sites is 1. The van der Waals surface area contributed by atoms with Gasteiger partial charge in [-0.25, -0.2) is 9.97 Å². The minimum absolute atomic E-state index is 0.0743. The average Bonchev–Trinajstić information content (AvgIpc) is 2.68. The summed E-state index contributed by atoms with van der Waals surface area (Å²) in [6, 6.07) is 13.5. The number of hydrogen-bond donors (Lipinski definition) is 0. The maximum absolute atomic E-state index is 13.0. The highest BCUT2D eigenvalue weighted by atomic mass is 16.2. The highest BCUT2D eigenvalue weighted by Gasteiger charge is 2.38. The van der Waals surface area contributed by atoms with Gasteiger partial charge in [-0.1, -0.05) is 37.5 Å². The second kappa shape index (κ2) is 7.43. The number of benzene rings is 1. The SMILES string of the molecule is CN(C(=O)CC1(c2ccnc(C#N)n2)CCCCC1)c1ccccc1. The standard InChI is InChI=1S/C20H22N4O/c1-24(16-8-4-2-5-9-16)19(25)14-20(11-6-3-7-12-20)17-10-13-22-18(15-21)23-17/h2,4-5,8-10,13H,3,6-7,11-12,14H2,1H3. The number of amides is 1. The Morgan fingerprint density at radius 3 is 2.60 bits per heavy atom. The zero-order valence-electron chi connectivity index (χ0n) is 14.5. The normalized spacial score (nSPS) is 16.0. The van der Waals surface area contributed by atoms with Gasteiger partial charge in [-0.3, -0.25) is 4.79 Å². The number of nitrogens with zero attached hydrogens (tertiary/aromatic N) is 4. The molecule has 1 fully saturated rings. The highest BCUT2D eigenvalue weighted by molar-refractivity contribution is 5.93. The van der Waals surface area contributed by atoms with Crippen molar-refractivity contribution in [3.8, 4) is 6.07 Å². The fraction of sp³-hybridized carbons (Fsp3) is 0.400. The van der Waals surface area contributed by atoms with E-state index in [9.17, 15) is 4.79 Å². The number of anilines is 1. The number of aromatic nitrogens is 2. The molecule has 0 radical (unpaired) electrons. The first kappa shape index (κ1) is 17.1. The molecule has 3 rings (SSSR count). The summed E-state index contributed by atoms with van der Waals surface area (Å²) >= 11 is 0. The van der Waals surface area contributed by atoms with Gasteiger partial charge < -0.3 is 4.90 Å². The van der Waals surface area contributed by atoms with Crippen molar-refractivity contribution in [1.82, 2.24) is 9.97 Å². The minimum atomic E-state index is -0.299. The largest absolute Gasteiger partial charge is 0.315 e. The summed E-state index contributed by atoms with van der Waals surface area (Å²) in [6.45, 7) is 0. The maximum atomic E-state index is 13.0. The van der Waals surface area contributed by atoms with E-state index >= 15 is 0 Å². The minimum Gasteiger partial charge on any atom is -0.315 e. The molecule has 1 heterocycles. The number of rotatable bonds is 4. The van der Waals surface area contributed by atoms with Crippen molar-refractivity contribution in [2.24, 2.45) is 0 Å². The molecular formula is C20H22N4O. The third kappa shape index (κ3) is 3.69. The number of carbonyl (C=O) groups excluding carboxylic acids is 1. The van der Waals surface area contributed by atoms with E-state index in [1.807, 2.05) is 49.5 Å². The second-order valence-corrected chi connectivity index (χ2v) is 6.68. The van der Waals surface area contributed by atoms with E-state index in [2.05, 4.69) is 9.97 Å². The van der Waals surface area contributed by atoms with Crippen LogP contribution >= 0.6 is 0 Å². The zero-order chi connectivity index (χ0) is 17.7. The van der Waals surface area contributed by atoms with Crippen LogP contribution in [0.3, 0.4) is 0 Å². The quantitative estimate of drug-likeness (QED) is 0.856. The zero-order valence-corrected chi connectivity index (χ0v) is 14.5. The molecular weight excluding hydrogens is 312 g/mol. The van der Waals surface area contributed by atoms with Crippen molar-refractivity contribution < 1.29 is 4.79 Å².